The highest BCUT2D eigenvalue weighted by molar-refractivity contribution is 7.89. The van der Waals surface area contributed by atoms with Gasteiger partial charge in [0.2, 0.25) is 15.9 Å². The molecule has 1 aliphatic heterocycles. The number of benzene rings is 1. The second kappa shape index (κ2) is 9.35. The minimum atomic E-state index is -3.79. The summed E-state index contributed by atoms with van der Waals surface area (Å²) in [6.45, 7) is 0.930. The van der Waals surface area contributed by atoms with E-state index >= 15 is 0 Å². The first-order valence-electron chi connectivity index (χ1n) is 9.57. The molecule has 1 saturated heterocycles. The maximum absolute atomic E-state index is 12.9. The zero-order valence-electron chi connectivity index (χ0n) is 16.5. The Morgan fingerprint density at radius 2 is 1.87 bits per heavy atom. The van der Waals surface area contributed by atoms with Gasteiger partial charge in [-0.05, 0) is 37.1 Å². The molecule has 2 N–H and O–H groups in total. The van der Waals surface area contributed by atoms with Crippen molar-refractivity contribution in [1.82, 2.24) is 24.7 Å². The molecule has 0 aliphatic carbocycles. The number of nitrogens with zero attached hydrogens (tertiary/aromatic N) is 3. The van der Waals surface area contributed by atoms with Gasteiger partial charge >= 0.3 is 0 Å². The molecule has 11 heteroatoms. The van der Waals surface area contributed by atoms with Crippen LogP contribution in [0, 0.1) is 5.82 Å². The lowest BCUT2D eigenvalue weighted by atomic mass is 10.0. The number of hydrogen-bond donors (Lipinski definition) is 2. The molecule has 1 aromatic heterocycles. The van der Waals surface area contributed by atoms with Crippen molar-refractivity contribution < 1.29 is 22.4 Å². The first kappa shape index (κ1) is 21.9. The van der Waals surface area contributed by atoms with Crippen LogP contribution in [0.4, 0.5) is 4.39 Å². The smallest absolute Gasteiger partial charge is 0.254 e. The van der Waals surface area contributed by atoms with E-state index < -0.39 is 15.8 Å². The number of aryl methyl sites for hydroxylation is 1. The zero-order chi connectivity index (χ0) is 21.7. The Morgan fingerprint density at radius 1 is 1.20 bits per heavy atom. The third kappa shape index (κ3) is 5.63. The molecule has 30 heavy (non-hydrogen) atoms. The molecule has 0 saturated carbocycles. The summed E-state index contributed by atoms with van der Waals surface area (Å²) in [7, 11) is -2.06. The number of likely N-dealkylation sites (tertiary alicyclic amines) is 1. The van der Waals surface area contributed by atoms with Crippen molar-refractivity contribution in [3.05, 3.63) is 48.0 Å². The highest BCUT2D eigenvalue weighted by Gasteiger charge is 2.24. The second-order valence-electron chi connectivity index (χ2n) is 7.13. The average Bonchev–Trinajstić information content (AvgIpc) is 3.15. The Hall–Kier alpha value is -2.79. The van der Waals surface area contributed by atoms with Gasteiger partial charge in [-0.15, -0.1) is 0 Å². The summed E-state index contributed by atoms with van der Waals surface area (Å²) in [5.41, 5.74) is 0.490. The first-order valence-corrected chi connectivity index (χ1v) is 11.1. The average molecular weight is 437 g/mol. The molecule has 0 radical (unpaired) electrons. The van der Waals surface area contributed by atoms with E-state index in [-0.39, 0.29) is 35.7 Å². The Morgan fingerprint density at radius 3 is 2.47 bits per heavy atom. The van der Waals surface area contributed by atoms with Gasteiger partial charge in [0.05, 0.1) is 16.7 Å². The van der Waals surface area contributed by atoms with Crippen molar-refractivity contribution in [2.45, 2.75) is 30.2 Å². The molecule has 162 valence electrons. The molecule has 0 spiro atoms. The van der Waals surface area contributed by atoms with Gasteiger partial charge in [-0.2, -0.15) is 5.10 Å². The van der Waals surface area contributed by atoms with E-state index in [0.717, 1.165) is 12.1 Å². The quantitative estimate of drug-likeness (QED) is 0.660. The number of carbonyl (C=O) groups is 2. The summed E-state index contributed by atoms with van der Waals surface area (Å²) in [6, 6.07) is 4.45. The molecule has 0 unspecified atom stereocenters. The molecule has 2 heterocycles. The molecule has 0 bridgehead atoms. The van der Waals surface area contributed by atoms with Crippen LogP contribution in [0.5, 0.6) is 0 Å². The number of aromatic nitrogens is 2. The van der Waals surface area contributed by atoms with Gasteiger partial charge in [-0.3, -0.25) is 14.3 Å². The number of nitrogens with one attached hydrogen (secondary N) is 2. The fourth-order valence-corrected chi connectivity index (χ4v) is 4.26. The molecule has 9 nitrogen and oxygen atoms in total. The summed E-state index contributed by atoms with van der Waals surface area (Å²) in [5.74, 6) is -0.874. The van der Waals surface area contributed by atoms with Crippen molar-refractivity contribution >= 4 is 21.8 Å². The van der Waals surface area contributed by atoms with Crippen LogP contribution in [-0.4, -0.2) is 60.6 Å². The normalized spacial score (nSPS) is 15.2. The van der Waals surface area contributed by atoms with Gasteiger partial charge in [0.1, 0.15) is 5.82 Å². The van der Waals surface area contributed by atoms with Gasteiger partial charge in [0.15, 0.2) is 0 Å². The minimum Gasteiger partial charge on any atom is -0.349 e. The van der Waals surface area contributed by atoms with Crippen LogP contribution in [0.1, 0.15) is 29.6 Å². The minimum absolute atomic E-state index is 0.0210. The van der Waals surface area contributed by atoms with Crippen molar-refractivity contribution in [3.63, 3.8) is 0 Å². The van der Waals surface area contributed by atoms with Crippen molar-refractivity contribution in [2.24, 2.45) is 7.05 Å². The zero-order valence-corrected chi connectivity index (χ0v) is 17.4. The summed E-state index contributed by atoms with van der Waals surface area (Å²) in [6.07, 6.45) is 4.41. The van der Waals surface area contributed by atoms with Crippen LogP contribution in [0.2, 0.25) is 0 Å². The topological polar surface area (TPSA) is 113 Å². The second-order valence-corrected chi connectivity index (χ2v) is 8.90. The molecule has 1 aliphatic rings. The first-order chi connectivity index (χ1) is 14.2. The lowest BCUT2D eigenvalue weighted by Gasteiger charge is -2.32. The van der Waals surface area contributed by atoms with Gasteiger partial charge < -0.3 is 10.2 Å². The number of rotatable bonds is 7. The van der Waals surface area contributed by atoms with Crippen molar-refractivity contribution in [3.8, 4) is 0 Å². The summed E-state index contributed by atoms with van der Waals surface area (Å²) >= 11 is 0. The van der Waals surface area contributed by atoms with Crippen molar-refractivity contribution in [2.75, 3.05) is 19.6 Å². The Bertz CT molecular complexity index is 998. The van der Waals surface area contributed by atoms with E-state index in [4.69, 9.17) is 0 Å². The number of halogens is 1. The van der Waals surface area contributed by atoms with Crippen LogP contribution in [-0.2, 0) is 21.9 Å². The number of amides is 2. The van der Waals surface area contributed by atoms with E-state index in [2.05, 4.69) is 15.1 Å². The summed E-state index contributed by atoms with van der Waals surface area (Å²) in [5, 5.41) is 6.92. The van der Waals surface area contributed by atoms with Crippen molar-refractivity contribution in [1.29, 1.82) is 0 Å². The number of sulfonamides is 1. The van der Waals surface area contributed by atoms with Crippen LogP contribution in [0.3, 0.4) is 0 Å². The maximum Gasteiger partial charge on any atom is 0.254 e. The molecule has 2 amide bonds. The van der Waals surface area contributed by atoms with E-state index in [1.807, 2.05) is 0 Å². The third-order valence-corrected chi connectivity index (χ3v) is 6.38. The van der Waals surface area contributed by atoms with Gasteiger partial charge in [-0.25, -0.2) is 17.5 Å². The van der Waals surface area contributed by atoms with Crippen LogP contribution in [0.25, 0.3) is 0 Å². The molecular weight excluding hydrogens is 413 g/mol. The number of hydrogen-bond acceptors (Lipinski definition) is 5. The van der Waals surface area contributed by atoms with E-state index in [1.165, 1.54) is 18.3 Å². The molecule has 1 aromatic carbocycles. The summed E-state index contributed by atoms with van der Waals surface area (Å²) < 4.78 is 41.2. The molecule has 1 fully saturated rings. The van der Waals surface area contributed by atoms with E-state index in [9.17, 15) is 22.4 Å². The largest absolute Gasteiger partial charge is 0.349 e. The van der Waals surface area contributed by atoms with E-state index in [0.29, 0.717) is 31.5 Å². The number of piperidine rings is 1. The van der Waals surface area contributed by atoms with Crippen LogP contribution in [0.15, 0.2) is 41.6 Å². The maximum atomic E-state index is 12.9. The predicted octanol–water partition coefficient (Wildman–Crippen LogP) is 0.649. The lowest BCUT2D eigenvalue weighted by Crippen LogP contribution is -2.47. The number of carbonyl (C=O) groups excluding carboxylic acids is 2. The van der Waals surface area contributed by atoms with Gasteiger partial charge in [0, 0.05) is 45.3 Å². The summed E-state index contributed by atoms with van der Waals surface area (Å²) in [4.78, 5) is 26.2. The predicted molar refractivity (Wildman–Crippen MR) is 106 cm³/mol. The van der Waals surface area contributed by atoms with Crippen LogP contribution < -0.4 is 10.0 Å². The molecule has 3 rings (SSSR count). The Kier molecular flexibility index (Phi) is 6.83. The van der Waals surface area contributed by atoms with E-state index in [1.54, 1.807) is 22.8 Å². The molecule has 2 aromatic rings. The highest BCUT2D eigenvalue weighted by Crippen LogP contribution is 2.13. The van der Waals surface area contributed by atoms with Crippen LogP contribution >= 0.6 is 0 Å². The third-order valence-electron chi connectivity index (χ3n) is 4.90. The molecule has 0 atom stereocenters. The van der Waals surface area contributed by atoms with Gasteiger partial charge in [-0.1, -0.05) is 0 Å². The Balaban J connectivity index is 1.41. The lowest BCUT2D eigenvalue weighted by molar-refractivity contribution is -0.132. The monoisotopic (exact) mass is 437 g/mol. The fourth-order valence-electron chi connectivity index (χ4n) is 3.23. The molecular formula is C19H24FN5O4S. The van der Waals surface area contributed by atoms with Gasteiger partial charge in [0.25, 0.3) is 5.91 Å². The fraction of sp³-hybridized carbons (Fsp3) is 0.421. The standard InChI is InChI=1S/C19H24FN5O4S/c1-24-13-14(12-21-24)19(27)23-16-7-10-25(11-8-16)18(26)6-9-22-30(28,29)17-4-2-15(20)3-5-17/h2-5,12-13,16,22H,6-11H2,1H3,(H,23,27). The SMILES string of the molecule is Cn1cc(C(=O)NC2CCN(C(=O)CCNS(=O)(=O)c3ccc(F)cc3)CC2)cn1. The Labute approximate surface area is 174 Å². The highest BCUT2D eigenvalue weighted by atomic mass is 32.2.